The summed E-state index contributed by atoms with van der Waals surface area (Å²) in [6, 6.07) is 7.98. The van der Waals surface area contributed by atoms with E-state index in [0.717, 1.165) is 0 Å². The fourth-order valence-electron chi connectivity index (χ4n) is 1.45. The summed E-state index contributed by atoms with van der Waals surface area (Å²) in [5, 5.41) is 7.27. The highest BCUT2D eigenvalue weighted by molar-refractivity contribution is 5.93. The van der Waals surface area contributed by atoms with Crippen LogP contribution in [0.4, 0.5) is 4.39 Å². The molecule has 0 spiro atoms. The Kier molecular flexibility index (Phi) is 3.23. The third-order valence-corrected chi connectivity index (χ3v) is 2.39. The lowest BCUT2D eigenvalue weighted by Gasteiger charge is -2.08. The van der Waals surface area contributed by atoms with Crippen molar-refractivity contribution in [2.24, 2.45) is 5.73 Å². The van der Waals surface area contributed by atoms with Gasteiger partial charge in [0, 0.05) is 12.3 Å². The van der Waals surface area contributed by atoms with Crippen molar-refractivity contribution in [2.45, 2.75) is 6.92 Å². The number of nitrogen functional groups attached to an aromatic ring is 1. The van der Waals surface area contributed by atoms with Gasteiger partial charge in [-0.25, -0.2) is 4.39 Å². The minimum Gasteiger partial charge on any atom is -0.454 e. The minimum absolute atomic E-state index is 0.135. The molecular formula is C13H12FN3O. The highest BCUT2D eigenvalue weighted by Gasteiger charge is 2.08. The molecule has 5 heteroatoms. The van der Waals surface area contributed by atoms with Crippen molar-refractivity contribution in [1.29, 1.82) is 5.41 Å². The number of aromatic nitrogens is 1. The van der Waals surface area contributed by atoms with Gasteiger partial charge in [0.25, 0.3) is 0 Å². The molecule has 0 atom stereocenters. The van der Waals surface area contributed by atoms with Gasteiger partial charge < -0.3 is 10.5 Å². The first-order valence-corrected chi connectivity index (χ1v) is 5.31. The Morgan fingerprint density at radius 2 is 2.17 bits per heavy atom. The van der Waals surface area contributed by atoms with Gasteiger partial charge in [0.1, 0.15) is 17.3 Å². The first kappa shape index (κ1) is 12.0. The number of nitrogens with one attached hydrogen (secondary N) is 1. The van der Waals surface area contributed by atoms with Crippen molar-refractivity contribution >= 4 is 5.84 Å². The third-order valence-electron chi connectivity index (χ3n) is 2.39. The van der Waals surface area contributed by atoms with Gasteiger partial charge in [-0.15, -0.1) is 0 Å². The predicted octanol–water partition coefficient (Wildman–Crippen LogP) is 2.61. The highest BCUT2D eigenvalue weighted by Crippen LogP contribution is 2.25. The number of hydrogen-bond acceptors (Lipinski definition) is 3. The first-order valence-electron chi connectivity index (χ1n) is 5.31. The average molecular weight is 245 g/mol. The maximum Gasteiger partial charge on any atom is 0.168 e. The molecule has 0 aliphatic carbocycles. The quantitative estimate of drug-likeness (QED) is 0.645. The van der Waals surface area contributed by atoms with E-state index in [9.17, 15) is 4.39 Å². The topological polar surface area (TPSA) is 72.0 Å². The number of nitrogens with two attached hydrogens (primary N) is 1. The van der Waals surface area contributed by atoms with Crippen LogP contribution in [0.1, 0.15) is 11.3 Å². The van der Waals surface area contributed by atoms with Crippen LogP contribution in [0.2, 0.25) is 0 Å². The average Bonchev–Trinajstić information content (AvgIpc) is 2.35. The normalized spacial score (nSPS) is 10.1. The number of nitrogens with zero attached hydrogens (tertiary/aromatic N) is 1. The second kappa shape index (κ2) is 4.83. The maximum atomic E-state index is 13.7. The van der Waals surface area contributed by atoms with E-state index in [0.29, 0.717) is 17.0 Å². The molecular weight excluding hydrogens is 233 g/mol. The Morgan fingerprint density at radius 1 is 1.39 bits per heavy atom. The van der Waals surface area contributed by atoms with E-state index >= 15 is 0 Å². The van der Waals surface area contributed by atoms with Crippen LogP contribution in [-0.4, -0.2) is 10.8 Å². The number of ether oxygens (including phenoxy) is 1. The van der Waals surface area contributed by atoms with Gasteiger partial charge in [-0.3, -0.25) is 10.4 Å². The molecule has 0 saturated carbocycles. The monoisotopic (exact) mass is 245 g/mol. The lowest BCUT2D eigenvalue weighted by Crippen LogP contribution is -2.12. The summed E-state index contributed by atoms with van der Waals surface area (Å²) >= 11 is 0. The zero-order chi connectivity index (χ0) is 13.1. The standard InChI is InChI=1S/C13H12FN3O/c1-8-3-2-4-11(12(8)14)18-9-5-6-17-10(7-9)13(15)16/h2-7H,1H3,(H3,15,16). The van der Waals surface area contributed by atoms with Crippen molar-refractivity contribution in [3.8, 4) is 11.5 Å². The van der Waals surface area contributed by atoms with Crippen LogP contribution >= 0.6 is 0 Å². The van der Waals surface area contributed by atoms with Crippen LogP contribution in [0.3, 0.4) is 0 Å². The zero-order valence-electron chi connectivity index (χ0n) is 9.77. The van der Waals surface area contributed by atoms with Gasteiger partial charge in [-0.2, -0.15) is 0 Å². The lowest BCUT2D eigenvalue weighted by molar-refractivity contribution is 0.439. The number of amidine groups is 1. The highest BCUT2D eigenvalue weighted by atomic mass is 19.1. The van der Waals surface area contributed by atoms with Crippen LogP contribution in [0.5, 0.6) is 11.5 Å². The van der Waals surface area contributed by atoms with Crippen molar-refractivity contribution < 1.29 is 9.13 Å². The molecule has 1 aromatic carbocycles. The van der Waals surface area contributed by atoms with E-state index in [-0.39, 0.29) is 11.6 Å². The molecule has 1 aromatic heterocycles. The third kappa shape index (κ3) is 2.45. The molecule has 0 radical (unpaired) electrons. The molecule has 0 unspecified atom stereocenters. The number of rotatable bonds is 3. The Balaban J connectivity index is 2.31. The van der Waals surface area contributed by atoms with Crippen molar-refractivity contribution in [1.82, 2.24) is 4.98 Å². The van der Waals surface area contributed by atoms with E-state index in [1.165, 1.54) is 18.3 Å². The molecule has 4 nitrogen and oxygen atoms in total. The van der Waals surface area contributed by atoms with Crippen LogP contribution < -0.4 is 10.5 Å². The van der Waals surface area contributed by atoms with Crippen LogP contribution in [0, 0.1) is 18.2 Å². The van der Waals surface area contributed by atoms with Gasteiger partial charge in [-0.1, -0.05) is 12.1 Å². The summed E-state index contributed by atoms with van der Waals surface area (Å²) in [4.78, 5) is 3.90. The maximum absolute atomic E-state index is 13.7. The molecule has 0 bridgehead atoms. The van der Waals surface area contributed by atoms with E-state index in [2.05, 4.69) is 4.98 Å². The first-order chi connectivity index (χ1) is 8.58. The Morgan fingerprint density at radius 3 is 2.89 bits per heavy atom. The molecule has 2 rings (SSSR count). The Hall–Kier alpha value is -2.43. The van der Waals surface area contributed by atoms with Crippen molar-refractivity contribution in [3.05, 3.63) is 53.6 Å². The summed E-state index contributed by atoms with van der Waals surface area (Å²) in [6.45, 7) is 1.66. The number of aryl methyl sites for hydroxylation is 1. The van der Waals surface area contributed by atoms with Crippen LogP contribution in [-0.2, 0) is 0 Å². The number of halogens is 1. The van der Waals surface area contributed by atoms with Gasteiger partial charge >= 0.3 is 0 Å². The number of pyridine rings is 1. The summed E-state index contributed by atoms with van der Waals surface area (Å²) in [5.41, 5.74) is 6.12. The summed E-state index contributed by atoms with van der Waals surface area (Å²) < 4.78 is 19.2. The molecule has 0 aliphatic heterocycles. The summed E-state index contributed by atoms with van der Waals surface area (Å²) in [7, 11) is 0. The molecule has 1 heterocycles. The minimum atomic E-state index is -0.404. The fraction of sp³-hybridized carbons (Fsp3) is 0.0769. The largest absolute Gasteiger partial charge is 0.454 e. The molecule has 92 valence electrons. The van der Waals surface area contributed by atoms with E-state index < -0.39 is 5.82 Å². The van der Waals surface area contributed by atoms with Crippen molar-refractivity contribution in [2.75, 3.05) is 0 Å². The van der Waals surface area contributed by atoms with Gasteiger partial charge in [-0.05, 0) is 24.6 Å². The SMILES string of the molecule is Cc1cccc(Oc2ccnc(C(=N)N)c2)c1F. The second-order valence-corrected chi connectivity index (χ2v) is 3.78. The van der Waals surface area contributed by atoms with Crippen molar-refractivity contribution in [3.63, 3.8) is 0 Å². The molecule has 0 amide bonds. The van der Waals surface area contributed by atoms with Crippen LogP contribution in [0.15, 0.2) is 36.5 Å². The Labute approximate surface area is 104 Å². The molecule has 0 aliphatic rings. The molecule has 0 fully saturated rings. The summed E-state index contributed by atoms with van der Waals surface area (Å²) in [6.07, 6.45) is 1.46. The smallest absolute Gasteiger partial charge is 0.168 e. The molecule has 2 aromatic rings. The van der Waals surface area contributed by atoms with Gasteiger partial charge in [0.05, 0.1) is 0 Å². The summed E-state index contributed by atoms with van der Waals surface area (Å²) in [5.74, 6) is -0.0424. The fourth-order valence-corrected chi connectivity index (χ4v) is 1.45. The van der Waals surface area contributed by atoms with E-state index in [4.69, 9.17) is 15.9 Å². The van der Waals surface area contributed by atoms with Gasteiger partial charge in [0.15, 0.2) is 11.6 Å². The molecule has 3 N–H and O–H groups in total. The number of hydrogen-bond donors (Lipinski definition) is 2. The second-order valence-electron chi connectivity index (χ2n) is 3.78. The molecule has 18 heavy (non-hydrogen) atoms. The number of benzene rings is 1. The molecule has 0 saturated heterocycles. The van der Waals surface area contributed by atoms with E-state index in [1.54, 1.807) is 25.1 Å². The van der Waals surface area contributed by atoms with Gasteiger partial charge in [0.2, 0.25) is 0 Å². The lowest BCUT2D eigenvalue weighted by atomic mass is 10.2. The predicted molar refractivity (Wildman–Crippen MR) is 66.5 cm³/mol. The van der Waals surface area contributed by atoms with Crippen LogP contribution in [0.25, 0.3) is 0 Å². The van der Waals surface area contributed by atoms with E-state index in [1.807, 2.05) is 0 Å². The zero-order valence-corrected chi connectivity index (χ0v) is 9.77. The Bertz CT molecular complexity index is 599.